The molecule has 3 N–H and O–H groups in total. The van der Waals surface area contributed by atoms with Crippen molar-refractivity contribution in [1.82, 2.24) is 5.32 Å². The molecule has 1 amide bonds. The smallest absolute Gasteiger partial charge is 0.391 e. The monoisotopic (exact) mass is 1190 g/mol. The quantitative estimate of drug-likeness (QED) is 0.0243. The van der Waals surface area contributed by atoms with Crippen LogP contribution in [0.1, 0.15) is 271 Å². The van der Waals surface area contributed by atoms with Crippen molar-refractivity contribution in [2.45, 2.75) is 283 Å². The molecule has 0 aliphatic carbocycles. The summed E-state index contributed by atoms with van der Waals surface area (Å²) in [4.78, 5) is 23.4. The molecule has 0 aromatic rings. The van der Waals surface area contributed by atoms with Crippen LogP contribution in [0.5, 0.6) is 0 Å². The summed E-state index contributed by atoms with van der Waals surface area (Å²) in [5.74, 6) is -0.172. The number of hydrogen-bond acceptors (Lipinski definition) is 5. The number of carbonyl (C=O) groups excluding carboxylic acids is 1. The van der Waals surface area contributed by atoms with Crippen molar-refractivity contribution in [3.63, 3.8) is 0 Å². The fourth-order valence-corrected chi connectivity index (χ4v) is 10.1. The maximum atomic E-state index is 13.0. The van der Waals surface area contributed by atoms with Gasteiger partial charge in [0.1, 0.15) is 13.2 Å². The van der Waals surface area contributed by atoms with Crippen molar-refractivity contribution < 1.29 is 32.9 Å². The Morgan fingerprint density at radius 2 is 0.714 bits per heavy atom. The lowest BCUT2D eigenvalue weighted by Gasteiger charge is -2.26. The van der Waals surface area contributed by atoms with E-state index in [1.165, 1.54) is 116 Å². The third-order valence-electron chi connectivity index (χ3n) is 14.6. The highest BCUT2D eigenvalue weighted by atomic mass is 31.2. The number of allylic oxidation sites excluding steroid dienone is 24. The number of rotatable bonds is 61. The van der Waals surface area contributed by atoms with E-state index in [9.17, 15) is 19.4 Å². The third-order valence-corrected chi connectivity index (χ3v) is 15.6. The van der Waals surface area contributed by atoms with Crippen LogP contribution in [0.2, 0.25) is 0 Å². The van der Waals surface area contributed by atoms with Crippen molar-refractivity contribution in [2.75, 3.05) is 40.9 Å². The van der Waals surface area contributed by atoms with Gasteiger partial charge < -0.3 is 19.8 Å². The van der Waals surface area contributed by atoms with E-state index >= 15 is 0 Å². The molecule has 3 atom stereocenters. The van der Waals surface area contributed by atoms with Crippen molar-refractivity contribution in [1.29, 1.82) is 0 Å². The van der Waals surface area contributed by atoms with Crippen LogP contribution in [0.15, 0.2) is 146 Å². The van der Waals surface area contributed by atoms with Crippen LogP contribution in [0, 0.1) is 0 Å². The average Bonchev–Trinajstić information content (AvgIpc) is 3.56. The third kappa shape index (κ3) is 65.9. The number of phosphoric acid groups is 1. The lowest BCUT2D eigenvalue weighted by Crippen LogP contribution is -2.46. The van der Waals surface area contributed by atoms with Gasteiger partial charge in [-0.15, -0.1) is 0 Å². The lowest BCUT2D eigenvalue weighted by molar-refractivity contribution is -0.870. The summed E-state index contributed by atoms with van der Waals surface area (Å²) < 4.78 is 23.8. The van der Waals surface area contributed by atoms with Crippen LogP contribution >= 0.6 is 7.82 Å². The van der Waals surface area contributed by atoms with Crippen LogP contribution in [0.4, 0.5) is 0 Å². The van der Waals surface area contributed by atoms with Crippen molar-refractivity contribution in [2.24, 2.45) is 0 Å². The zero-order valence-corrected chi connectivity index (χ0v) is 55.7. The zero-order chi connectivity index (χ0) is 61.2. The molecule has 84 heavy (non-hydrogen) atoms. The van der Waals surface area contributed by atoms with Crippen LogP contribution in [-0.2, 0) is 18.4 Å². The molecule has 0 spiro atoms. The number of carbonyl (C=O) groups is 1. The van der Waals surface area contributed by atoms with Gasteiger partial charge in [-0.05, 0) is 103 Å². The molecule has 3 unspecified atom stereocenters. The van der Waals surface area contributed by atoms with Crippen LogP contribution < -0.4 is 5.32 Å². The molecule has 0 saturated carbocycles. The van der Waals surface area contributed by atoms with Gasteiger partial charge in [0.2, 0.25) is 5.91 Å². The molecule has 0 bridgehead atoms. The second kappa shape index (κ2) is 63.9. The van der Waals surface area contributed by atoms with Crippen LogP contribution in [0.25, 0.3) is 0 Å². The Kier molecular flexibility index (Phi) is 61.1. The summed E-state index contributed by atoms with van der Waals surface area (Å²) in [6.07, 6.45) is 97.9. The van der Waals surface area contributed by atoms with Gasteiger partial charge in [0.15, 0.2) is 0 Å². The number of quaternary nitrogens is 1. The molecular weight excluding hydrogens is 1060 g/mol. The highest BCUT2D eigenvalue weighted by Gasteiger charge is 2.28. The second-order valence-corrected chi connectivity index (χ2v) is 25.3. The number of unbranched alkanes of at least 4 members (excludes halogenated alkanes) is 24. The van der Waals surface area contributed by atoms with Gasteiger partial charge in [-0.3, -0.25) is 13.8 Å². The van der Waals surface area contributed by atoms with Gasteiger partial charge in [-0.25, -0.2) is 4.57 Å². The predicted molar refractivity (Wildman–Crippen MR) is 368 cm³/mol. The Labute approximate surface area is 519 Å². The van der Waals surface area contributed by atoms with E-state index in [0.717, 1.165) is 128 Å². The van der Waals surface area contributed by atoms with E-state index in [-0.39, 0.29) is 19.1 Å². The number of amides is 1. The maximum absolute atomic E-state index is 13.0. The van der Waals surface area contributed by atoms with Gasteiger partial charge in [-0.1, -0.05) is 307 Å². The number of likely N-dealkylation sites (N-methyl/N-ethyl adjacent to an activating group) is 1. The molecule has 9 heteroatoms. The summed E-state index contributed by atoms with van der Waals surface area (Å²) in [7, 11) is 1.58. The maximum Gasteiger partial charge on any atom is 0.472 e. The van der Waals surface area contributed by atoms with Crippen molar-refractivity contribution in [3.8, 4) is 0 Å². The number of aliphatic hydroxyl groups excluding tert-OH is 1. The first kappa shape index (κ1) is 80.4. The molecule has 0 heterocycles. The number of nitrogens with one attached hydrogen (secondary N) is 1. The van der Waals surface area contributed by atoms with Gasteiger partial charge in [0.05, 0.1) is 39.9 Å². The van der Waals surface area contributed by atoms with E-state index < -0.39 is 20.0 Å². The van der Waals surface area contributed by atoms with Crippen LogP contribution in [0.3, 0.4) is 0 Å². The fourth-order valence-electron chi connectivity index (χ4n) is 9.32. The zero-order valence-electron chi connectivity index (χ0n) is 54.8. The van der Waals surface area contributed by atoms with E-state index in [2.05, 4.69) is 165 Å². The SMILES string of the molecule is CC/C=C\C/C=C\C/C=C\C/C=C\C/C=C\C/C=C\C/C=C\C/C=C\C/C=C\C/C=C\C/C=C\C/C=C\CCCCCCC(=O)NC(COP(=O)(O)OCC[N+](C)(C)C)C(O)CCCCCCCCCCCCCCCCCCCCCCC. The first-order valence-electron chi connectivity index (χ1n) is 34.2. The molecule has 0 fully saturated rings. The highest BCUT2D eigenvalue weighted by Crippen LogP contribution is 2.43. The summed E-state index contributed by atoms with van der Waals surface area (Å²) in [6.45, 7) is 4.76. The Hall–Kier alpha value is -3.62. The van der Waals surface area contributed by atoms with E-state index in [1.54, 1.807) is 0 Å². The molecule has 0 aromatic carbocycles. The highest BCUT2D eigenvalue weighted by molar-refractivity contribution is 7.47. The second-order valence-electron chi connectivity index (χ2n) is 23.8. The number of nitrogens with zero attached hydrogens (tertiary/aromatic N) is 1. The van der Waals surface area contributed by atoms with E-state index in [1.807, 2.05) is 21.1 Å². The van der Waals surface area contributed by atoms with Crippen LogP contribution in [-0.4, -0.2) is 73.4 Å². The summed E-state index contributed by atoms with van der Waals surface area (Å²) in [5, 5.41) is 14.1. The van der Waals surface area contributed by atoms with E-state index in [4.69, 9.17) is 9.05 Å². The standard InChI is InChI=1S/C75H129N2O6P/c1-6-8-10-12-14-16-18-20-22-24-26-28-29-30-31-32-33-34-35-36-37-38-39-40-41-42-43-44-45-46-47-49-51-53-55-57-59-61-63-65-67-69-75(79)76-73(72-83-84(80,81)82-71-70-77(3,4)5)74(78)68-66-64-62-60-58-56-54-52-50-48-27-25-23-21-19-17-15-13-11-9-7-2/h8,10,14,16,20,22,26,28,30-31,33-34,36-37,39-40,42-43,45-46,49,51,55,57,73-74,78H,6-7,9,11-13,15,17-19,21,23-25,27,29,32,35,38,41,44,47-48,50,52-54,56,58-72H2,1-5H3,(H-,76,79,80,81)/p+1/b10-8-,16-14-,22-20-,28-26-,31-30-,34-33-,37-36-,40-39-,43-42-,46-45-,51-49-,57-55-. The molecule has 0 aromatic heterocycles. The van der Waals surface area contributed by atoms with Gasteiger partial charge >= 0.3 is 7.82 Å². The molecule has 0 radical (unpaired) electrons. The Balaban J connectivity index is 4.18. The van der Waals surface area contributed by atoms with Crippen molar-refractivity contribution in [3.05, 3.63) is 146 Å². The minimum atomic E-state index is -4.35. The number of aliphatic hydroxyl groups is 1. The number of hydrogen-bond donors (Lipinski definition) is 3. The molecule has 0 rings (SSSR count). The Morgan fingerprint density at radius 3 is 1.05 bits per heavy atom. The first-order chi connectivity index (χ1) is 41.0. The van der Waals surface area contributed by atoms with Gasteiger partial charge in [0, 0.05) is 6.42 Å². The molecule has 0 aliphatic heterocycles. The first-order valence-corrected chi connectivity index (χ1v) is 35.7. The largest absolute Gasteiger partial charge is 0.472 e. The molecule has 8 nitrogen and oxygen atoms in total. The molecular formula is C75H130N2O6P+. The molecule has 0 saturated heterocycles. The summed E-state index contributed by atoms with van der Waals surface area (Å²) >= 11 is 0. The van der Waals surface area contributed by atoms with Gasteiger partial charge in [0.25, 0.3) is 0 Å². The Morgan fingerprint density at radius 1 is 0.417 bits per heavy atom. The normalized spacial score (nSPS) is 14.6. The minimum absolute atomic E-state index is 0.0624. The fraction of sp³-hybridized carbons (Fsp3) is 0.667. The Bertz CT molecular complexity index is 1880. The van der Waals surface area contributed by atoms with E-state index in [0.29, 0.717) is 23.9 Å². The predicted octanol–water partition coefficient (Wildman–Crippen LogP) is 22.0. The summed E-state index contributed by atoms with van der Waals surface area (Å²) in [6, 6.07) is -0.786. The minimum Gasteiger partial charge on any atom is -0.391 e. The average molecular weight is 1190 g/mol. The lowest BCUT2D eigenvalue weighted by atomic mass is 10.0. The molecule has 0 aliphatic rings. The van der Waals surface area contributed by atoms with Gasteiger partial charge in [-0.2, -0.15) is 0 Å². The number of phosphoric ester groups is 1. The summed E-state index contributed by atoms with van der Waals surface area (Å²) in [5.41, 5.74) is 0. The topological polar surface area (TPSA) is 105 Å². The molecule has 480 valence electrons. The van der Waals surface area contributed by atoms with Crippen molar-refractivity contribution >= 4 is 13.7 Å².